The molecule has 0 saturated carbocycles. The van der Waals surface area contributed by atoms with Crippen molar-refractivity contribution in [3.63, 3.8) is 0 Å². The molecule has 40 heavy (non-hydrogen) atoms. The van der Waals surface area contributed by atoms with Crippen LogP contribution in [0.4, 0.5) is 0 Å². The average molecular weight is 587 g/mol. The van der Waals surface area contributed by atoms with Gasteiger partial charge in [0.2, 0.25) is 10.0 Å². The third-order valence-electron chi connectivity index (χ3n) is 6.76. The number of ether oxygens (including phenoxy) is 1. The molecule has 0 aliphatic carbocycles. The largest absolute Gasteiger partial charge is 0.497 e. The van der Waals surface area contributed by atoms with E-state index in [0.29, 0.717) is 23.4 Å². The van der Waals surface area contributed by atoms with Crippen LogP contribution >= 0.6 is 7.82 Å². The first-order chi connectivity index (χ1) is 19.1. The maximum Gasteiger partial charge on any atom is 0.471 e. The summed E-state index contributed by atoms with van der Waals surface area (Å²) in [6.07, 6.45) is 4.60. The minimum atomic E-state index is -4.75. The Bertz CT molecular complexity index is 1580. The van der Waals surface area contributed by atoms with Gasteiger partial charge in [-0.2, -0.15) is 0 Å². The number of aromatic nitrogens is 1. The van der Waals surface area contributed by atoms with Crippen LogP contribution in [0.2, 0.25) is 0 Å². The number of unbranched alkanes of at least 4 members (excludes halogenated alkanes) is 2. The van der Waals surface area contributed by atoms with Gasteiger partial charge in [-0.05, 0) is 78.4 Å². The van der Waals surface area contributed by atoms with E-state index in [1.807, 2.05) is 48.5 Å². The summed E-state index contributed by atoms with van der Waals surface area (Å²) in [5, 5.41) is 0.832. The molecule has 3 aromatic carbocycles. The predicted octanol–water partition coefficient (Wildman–Crippen LogP) is 5.64. The number of phosphoric acid groups is 1. The SMILES string of the molecule is CCCCCc1ccc(S(=O)(=O)NCCc2c(-c3ccc(OC)cc3)n(COP(=O)(O)O)c3ccccc23)cc1. The van der Waals surface area contributed by atoms with Crippen molar-refractivity contribution in [2.45, 2.75) is 50.7 Å². The molecule has 1 aromatic heterocycles. The fourth-order valence-corrected chi connectivity index (χ4v) is 6.08. The lowest BCUT2D eigenvalue weighted by molar-refractivity contribution is 0.157. The molecule has 0 bridgehead atoms. The molecule has 11 heteroatoms. The van der Waals surface area contributed by atoms with Crippen molar-refractivity contribution in [3.05, 3.63) is 83.9 Å². The van der Waals surface area contributed by atoms with Crippen molar-refractivity contribution in [3.8, 4) is 17.0 Å². The van der Waals surface area contributed by atoms with Crippen LogP contribution < -0.4 is 9.46 Å². The van der Waals surface area contributed by atoms with Gasteiger partial charge in [0.25, 0.3) is 0 Å². The van der Waals surface area contributed by atoms with Gasteiger partial charge in [0, 0.05) is 11.9 Å². The Balaban J connectivity index is 1.62. The normalized spacial score (nSPS) is 12.2. The first-order valence-corrected chi connectivity index (χ1v) is 16.2. The smallest absolute Gasteiger partial charge is 0.471 e. The maximum atomic E-state index is 13.1. The van der Waals surface area contributed by atoms with E-state index in [9.17, 15) is 22.8 Å². The Morgan fingerprint density at radius 1 is 0.925 bits per heavy atom. The van der Waals surface area contributed by atoms with Crippen LogP contribution in [-0.2, 0) is 38.7 Å². The molecule has 0 saturated heterocycles. The molecule has 0 aliphatic rings. The lowest BCUT2D eigenvalue weighted by Gasteiger charge is -2.14. The van der Waals surface area contributed by atoms with Gasteiger partial charge in [-0.15, -0.1) is 0 Å². The molecule has 0 amide bonds. The minimum absolute atomic E-state index is 0.122. The summed E-state index contributed by atoms with van der Waals surface area (Å²) in [5.41, 5.74) is 4.08. The topological polar surface area (TPSA) is 127 Å². The molecule has 0 fully saturated rings. The third-order valence-corrected chi connectivity index (χ3v) is 8.69. The van der Waals surface area contributed by atoms with Crippen LogP contribution in [0, 0.1) is 0 Å². The van der Waals surface area contributed by atoms with E-state index in [4.69, 9.17) is 9.26 Å². The van der Waals surface area contributed by atoms with Crippen LogP contribution in [0.1, 0.15) is 37.3 Å². The summed E-state index contributed by atoms with van der Waals surface area (Å²) in [6, 6.07) is 21.7. The molecule has 9 nitrogen and oxygen atoms in total. The van der Waals surface area contributed by atoms with Crippen molar-refractivity contribution < 1.29 is 32.0 Å². The Hall–Kier alpha value is -2.98. The number of fused-ring (bicyclic) bond motifs is 1. The number of methoxy groups -OCH3 is 1. The van der Waals surface area contributed by atoms with Gasteiger partial charge in [0.1, 0.15) is 12.5 Å². The van der Waals surface area contributed by atoms with E-state index in [0.717, 1.165) is 47.8 Å². The minimum Gasteiger partial charge on any atom is -0.497 e. The lowest BCUT2D eigenvalue weighted by Crippen LogP contribution is -2.26. The van der Waals surface area contributed by atoms with Gasteiger partial charge < -0.3 is 19.1 Å². The molecule has 0 radical (unpaired) electrons. The highest BCUT2D eigenvalue weighted by molar-refractivity contribution is 7.89. The van der Waals surface area contributed by atoms with Crippen molar-refractivity contribution in [2.24, 2.45) is 0 Å². The summed E-state index contributed by atoms with van der Waals surface area (Å²) in [7, 11) is -6.91. The standard InChI is InChI=1S/C29H35N2O7PS/c1-3-4-5-8-22-11-17-25(18-12-22)40(35,36)30-20-19-27-26-9-6-7-10-28(26)31(21-38-39(32,33)34)29(27)23-13-15-24(37-2)16-14-23/h6-7,9-18,30H,3-5,8,19-21H2,1-2H3,(H2,32,33,34). The molecule has 1 heterocycles. The second kappa shape index (κ2) is 13.1. The number of phosphoric ester groups is 1. The first-order valence-electron chi connectivity index (χ1n) is 13.2. The Kier molecular flexibility index (Phi) is 9.84. The number of aryl methyl sites for hydroxylation is 1. The summed E-state index contributed by atoms with van der Waals surface area (Å²) in [6.45, 7) is 1.88. The number of nitrogens with zero attached hydrogens (tertiary/aromatic N) is 1. The molecule has 4 rings (SSSR count). The van der Waals surface area contributed by atoms with Gasteiger partial charge in [-0.25, -0.2) is 17.7 Å². The Morgan fingerprint density at radius 3 is 2.27 bits per heavy atom. The summed E-state index contributed by atoms with van der Waals surface area (Å²) in [5.74, 6) is 0.656. The number of hydrogen-bond acceptors (Lipinski definition) is 5. The van der Waals surface area contributed by atoms with Gasteiger partial charge in [-0.1, -0.05) is 50.1 Å². The number of hydrogen-bond donors (Lipinski definition) is 3. The van der Waals surface area contributed by atoms with Crippen LogP contribution in [0.15, 0.2) is 77.7 Å². The average Bonchev–Trinajstić information content (AvgIpc) is 3.25. The van der Waals surface area contributed by atoms with Crippen LogP contribution in [0.3, 0.4) is 0 Å². The number of benzene rings is 3. The summed E-state index contributed by atoms with van der Waals surface area (Å²) < 4.78 is 52.3. The fraction of sp³-hybridized carbons (Fsp3) is 0.310. The van der Waals surface area contributed by atoms with Gasteiger partial charge in [-0.3, -0.25) is 4.52 Å². The fourth-order valence-electron chi connectivity index (χ4n) is 4.78. The molecular formula is C29H35N2O7PS. The van der Waals surface area contributed by atoms with E-state index in [-0.39, 0.29) is 18.2 Å². The van der Waals surface area contributed by atoms with E-state index >= 15 is 0 Å². The van der Waals surface area contributed by atoms with Crippen LogP contribution in [0.5, 0.6) is 5.75 Å². The van der Waals surface area contributed by atoms with Gasteiger partial charge >= 0.3 is 7.82 Å². The highest BCUT2D eigenvalue weighted by Crippen LogP contribution is 2.40. The molecule has 0 spiro atoms. The van der Waals surface area contributed by atoms with Gasteiger partial charge in [0.05, 0.1) is 23.2 Å². The zero-order valence-corrected chi connectivity index (χ0v) is 24.3. The van der Waals surface area contributed by atoms with E-state index in [2.05, 4.69) is 11.6 Å². The predicted molar refractivity (Wildman–Crippen MR) is 156 cm³/mol. The molecule has 214 valence electrons. The molecule has 4 aromatic rings. The number of nitrogens with one attached hydrogen (secondary N) is 1. The molecule has 3 N–H and O–H groups in total. The highest BCUT2D eigenvalue weighted by atomic mass is 32.2. The highest BCUT2D eigenvalue weighted by Gasteiger charge is 2.22. The van der Waals surface area contributed by atoms with Crippen molar-refractivity contribution in [1.29, 1.82) is 0 Å². The van der Waals surface area contributed by atoms with Crippen molar-refractivity contribution in [2.75, 3.05) is 13.7 Å². The molecule has 0 atom stereocenters. The zero-order valence-electron chi connectivity index (χ0n) is 22.6. The first kappa shape index (κ1) is 30.0. The quantitative estimate of drug-likeness (QED) is 0.129. The van der Waals surface area contributed by atoms with E-state index in [1.165, 1.54) is 0 Å². The van der Waals surface area contributed by atoms with E-state index in [1.54, 1.807) is 35.9 Å². The molecule has 0 aliphatic heterocycles. The maximum absolute atomic E-state index is 13.1. The number of rotatable bonds is 14. The molecule has 0 unspecified atom stereocenters. The zero-order chi connectivity index (χ0) is 28.8. The van der Waals surface area contributed by atoms with E-state index < -0.39 is 17.8 Å². The number of sulfonamides is 1. The second-order valence-electron chi connectivity index (χ2n) is 9.50. The lowest BCUT2D eigenvalue weighted by atomic mass is 10.0. The van der Waals surface area contributed by atoms with Crippen LogP contribution in [0.25, 0.3) is 22.2 Å². The van der Waals surface area contributed by atoms with Crippen LogP contribution in [-0.4, -0.2) is 36.4 Å². The van der Waals surface area contributed by atoms with Gasteiger partial charge in [0.15, 0.2) is 0 Å². The Morgan fingerprint density at radius 2 is 1.62 bits per heavy atom. The van der Waals surface area contributed by atoms with Crippen molar-refractivity contribution in [1.82, 2.24) is 9.29 Å². The summed E-state index contributed by atoms with van der Waals surface area (Å²) in [4.78, 5) is 19.0. The van der Waals surface area contributed by atoms with Crippen molar-refractivity contribution >= 4 is 28.7 Å². The Labute approximate surface area is 235 Å². The monoisotopic (exact) mass is 586 g/mol. The summed E-state index contributed by atoms with van der Waals surface area (Å²) >= 11 is 0. The second-order valence-corrected chi connectivity index (χ2v) is 12.5. The third kappa shape index (κ3) is 7.40. The molecular weight excluding hydrogens is 551 g/mol. The number of para-hydroxylation sites is 1.